The van der Waals surface area contributed by atoms with Crippen LogP contribution in [0.5, 0.6) is 0 Å². The molecule has 0 amide bonds. The van der Waals surface area contributed by atoms with Crippen molar-refractivity contribution in [2.75, 3.05) is 5.32 Å². The summed E-state index contributed by atoms with van der Waals surface area (Å²) in [6.07, 6.45) is 4.35. The van der Waals surface area contributed by atoms with Crippen LogP contribution in [-0.4, -0.2) is 16.1 Å². The number of aliphatic hydroxyl groups is 1. The minimum absolute atomic E-state index is 0.166. The number of hydrogen-bond acceptors (Lipinski definition) is 3. The first-order valence-corrected chi connectivity index (χ1v) is 6.75. The lowest BCUT2D eigenvalue weighted by Gasteiger charge is -2.37. The predicted octanol–water partition coefficient (Wildman–Crippen LogP) is 2.86. The molecule has 3 rings (SSSR count). The summed E-state index contributed by atoms with van der Waals surface area (Å²) >= 11 is 0. The van der Waals surface area contributed by atoms with Gasteiger partial charge in [0.1, 0.15) is 11.4 Å². The van der Waals surface area contributed by atoms with Gasteiger partial charge in [0.2, 0.25) is 0 Å². The van der Waals surface area contributed by atoms with E-state index in [9.17, 15) is 9.50 Å². The van der Waals surface area contributed by atoms with Gasteiger partial charge in [0.05, 0.1) is 12.2 Å². The average Bonchev–Trinajstić information content (AvgIpc) is 2.46. The molecular formula is C16H17FN2O. The predicted molar refractivity (Wildman–Crippen MR) is 75.9 cm³/mol. The first-order valence-electron chi connectivity index (χ1n) is 6.75. The summed E-state index contributed by atoms with van der Waals surface area (Å²) in [6, 6.07) is 9.23. The molecule has 4 heteroatoms. The van der Waals surface area contributed by atoms with Crippen LogP contribution in [0.3, 0.4) is 0 Å². The molecule has 20 heavy (non-hydrogen) atoms. The topological polar surface area (TPSA) is 45.2 Å². The van der Waals surface area contributed by atoms with E-state index in [1.54, 1.807) is 6.92 Å². The zero-order valence-electron chi connectivity index (χ0n) is 11.3. The van der Waals surface area contributed by atoms with E-state index in [0.717, 1.165) is 24.7 Å². The van der Waals surface area contributed by atoms with Crippen molar-refractivity contribution >= 4 is 5.69 Å². The summed E-state index contributed by atoms with van der Waals surface area (Å²) in [5.74, 6) is -0.431. The molecule has 2 N–H and O–H groups in total. The largest absolute Gasteiger partial charge is 0.383 e. The van der Waals surface area contributed by atoms with Crippen LogP contribution < -0.4 is 5.32 Å². The van der Waals surface area contributed by atoms with Gasteiger partial charge in [-0.1, -0.05) is 18.2 Å². The molecule has 0 radical (unpaired) electrons. The van der Waals surface area contributed by atoms with E-state index >= 15 is 0 Å². The van der Waals surface area contributed by atoms with E-state index in [4.69, 9.17) is 0 Å². The molecule has 0 spiro atoms. The summed E-state index contributed by atoms with van der Waals surface area (Å²) in [7, 11) is 0. The van der Waals surface area contributed by atoms with Crippen molar-refractivity contribution in [1.29, 1.82) is 0 Å². The summed E-state index contributed by atoms with van der Waals surface area (Å²) in [6.45, 7) is 1.70. The Morgan fingerprint density at radius 1 is 1.35 bits per heavy atom. The Balaban J connectivity index is 1.90. The minimum Gasteiger partial charge on any atom is -0.383 e. The molecule has 1 aromatic carbocycles. The van der Waals surface area contributed by atoms with Gasteiger partial charge in [0.25, 0.3) is 0 Å². The van der Waals surface area contributed by atoms with Gasteiger partial charge in [-0.15, -0.1) is 0 Å². The number of para-hydroxylation sites is 1. The molecule has 1 aliphatic rings. The van der Waals surface area contributed by atoms with Crippen LogP contribution in [-0.2, 0) is 12.0 Å². The van der Waals surface area contributed by atoms with Crippen LogP contribution in [0.1, 0.15) is 24.5 Å². The van der Waals surface area contributed by atoms with Crippen molar-refractivity contribution in [1.82, 2.24) is 4.98 Å². The molecule has 2 unspecified atom stereocenters. The lowest BCUT2D eigenvalue weighted by molar-refractivity contribution is 0.0316. The van der Waals surface area contributed by atoms with E-state index in [1.807, 2.05) is 18.2 Å². The zero-order valence-corrected chi connectivity index (χ0v) is 11.3. The van der Waals surface area contributed by atoms with E-state index in [-0.39, 0.29) is 6.04 Å². The molecule has 0 fully saturated rings. The maximum absolute atomic E-state index is 13.3. The zero-order chi connectivity index (χ0) is 14.2. The van der Waals surface area contributed by atoms with Crippen molar-refractivity contribution in [3.63, 3.8) is 0 Å². The molecule has 3 nitrogen and oxygen atoms in total. The number of rotatable bonds is 2. The summed E-state index contributed by atoms with van der Waals surface area (Å²) in [5, 5.41) is 14.1. The fraction of sp³-hybridized carbons (Fsp3) is 0.312. The Labute approximate surface area is 117 Å². The molecule has 0 aliphatic carbocycles. The normalized spacial score (nSPS) is 20.6. The van der Waals surface area contributed by atoms with Gasteiger partial charge < -0.3 is 10.4 Å². The number of aryl methyl sites for hydroxylation is 1. The fourth-order valence-corrected chi connectivity index (χ4v) is 2.75. The van der Waals surface area contributed by atoms with Crippen LogP contribution in [0.4, 0.5) is 10.1 Å². The Morgan fingerprint density at radius 3 is 2.95 bits per heavy atom. The van der Waals surface area contributed by atoms with Crippen LogP contribution >= 0.6 is 0 Å². The smallest absolute Gasteiger partial charge is 0.141 e. The van der Waals surface area contributed by atoms with Gasteiger partial charge in [-0.3, -0.25) is 4.98 Å². The van der Waals surface area contributed by atoms with Crippen molar-refractivity contribution in [2.24, 2.45) is 0 Å². The Hall–Kier alpha value is -1.94. The third kappa shape index (κ3) is 2.27. The van der Waals surface area contributed by atoms with Gasteiger partial charge in [-0.25, -0.2) is 4.39 Å². The number of nitrogens with one attached hydrogen (secondary N) is 1. The minimum atomic E-state index is -1.16. The first kappa shape index (κ1) is 13.1. The molecule has 1 aliphatic heterocycles. The number of benzene rings is 1. The number of hydrogen-bond donors (Lipinski definition) is 2. The molecule has 0 saturated carbocycles. The maximum Gasteiger partial charge on any atom is 0.141 e. The third-order valence-electron chi connectivity index (χ3n) is 4.02. The van der Waals surface area contributed by atoms with Crippen LogP contribution in [0.25, 0.3) is 0 Å². The Morgan fingerprint density at radius 2 is 2.15 bits per heavy atom. The second-order valence-corrected chi connectivity index (χ2v) is 5.43. The maximum atomic E-state index is 13.3. The Kier molecular flexibility index (Phi) is 3.18. The Bertz CT molecular complexity index is 627. The fourth-order valence-electron chi connectivity index (χ4n) is 2.75. The molecule has 2 atom stereocenters. The molecule has 2 aromatic rings. The highest BCUT2D eigenvalue weighted by Gasteiger charge is 2.36. The van der Waals surface area contributed by atoms with Gasteiger partial charge in [-0.2, -0.15) is 0 Å². The average molecular weight is 272 g/mol. The van der Waals surface area contributed by atoms with E-state index in [0.29, 0.717) is 5.56 Å². The molecule has 2 heterocycles. The van der Waals surface area contributed by atoms with Crippen molar-refractivity contribution < 1.29 is 9.50 Å². The number of aromatic nitrogens is 1. The second kappa shape index (κ2) is 4.87. The molecule has 104 valence electrons. The highest BCUT2D eigenvalue weighted by molar-refractivity contribution is 5.54. The first-order chi connectivity index (χ1) is 9.57. The van der Waals surface area contributed by atoms with Gasteiger partial charge in [0.15, 0.2) is 0 Å². The quantitative estimate of drug-likeness (QED) is 0.883. The van der Waals surface area contributed by atoms with Gasteiger partial charge in [-0.05, 0) is 37.5 Å². The van der Waals surface area contributed by atoms with Crippen LogP contribution in [0, 0.1) is 5.82 Å². The monoisotopic (exact) mass is 272 g/mol. The lowest BCUT2D eigenvalue weighted by Crippen LogP contribution is -2.44. The van der Waals surface area contributed by atoms with Crippen molar-refractivity contribution in [3.8, 4) is 0 Å². The number of pyridine rings is 1. The molecule has 1 aromatic heterocycles. The number of nitrogens with zero attached hydrogens (tertiary/aromatic N) is 1. The van der Waals surface area contributed by atoms with E-state index in [1.165, 1.54) is 17.8 Å². The number of anilines is 1. The SMILES string of the molecule is CC(O)(c1cncc(F)c1)C1CCc2ccccc2N1. The highest BCUT2D eigenvalue weighted by Crippen LogP contribution is 2.34. The van der Waals surface area contributed by atoms with Crippen molar-refractivity contribution in [2.45, 2.75) is 31.4 Å². The third-order valence-corrected chi connectivity index (χ3v) is 4.02. The van der Waals surface area contributed by atoms with E-state index < -0.39 is 11.4 Å². The highest BCUT2D eigenvalue weighted by atomic mass is 19.1. The molecule has 0 bridgehead atoms. The summed E-state index contributed by atoms with van der Waals surface area (Å²) in [5.41, 5.74) is 1.61. The van der Waals surface area contributed by atoms with Gasteiger partial charge in [0, 0.05) is 17.4 Å². The second-order valence-electron chi connectivity index (χ2n) is 5.43. The standard InChI is InChI=1S/C16H17FN2O/c1-16(20,12-8-13(17)10-18-9-12)15-7-6-11-4-2-3-5-14(11)19-15/h2-5,8-10,15,19-20H,6-7H2,1H3. The van der Waals surface area contributed by atoms with Crippen LogP contribution in [0.15, 0.2) is 42.7 Å². The lowest BCUT2D eigenvalue weighted by atomic mass is 9.83. The summed E-state index contributed by atoms with van der Waals surface area (Å²) < 4.78 is 13.3. The number of halogens is 1. The molecular weight excluding hydrogens is 255 g/mol. The molecule has 0 saturated heterocycles. The summed E-state index contributed by atoms with van der Waals surface area (Å²) in [4.78, 5) is 3.83. The number of fused-ring (bicyclic) bond motifs is 1. The van der Waals surface area contributed by atoms with E-state index in [2.05, 4.69) is 16.4 Å². The van der Waals surface area contributed by atoms with Crippen LogP contribution in [0.2, 0.25) is 0 Å². The van der Waals surface area contributed by atoms with Crippen molar-refractivity contribution in [3.05, 3.63) is 59.7 Å². The van der Waals surface area contributed by atoms with Gasteiger partial charge >= 0.3 is 0 Å².